The van der Waals surface area contributed by atoms with Crippen molar-refractivity contribution in [2.45, 2.75) is 50.5 Å². The summed E-state index contributed by atoms with van der Waals surface area (Å²) in [6.45, 7) is 4.92. The van der Waals surface area contributed by atoms with E-state index in [1.807, 2.05) is 0 Å². The average molecular weight is 382 g/mol. The third-order valence-corrected chi connectivity index (χ3v) is 5.85. The number of nitrogens with one attached hydrogen (secondary N) is 1. The zero-order valence-corrected chi connectivity index (χ0v) is 16.0. The van der Waals surface area contributed by atoms with E-state index in [1.165, 1.54) is 24.3 Å². The third kappa shape index (κ3) is 5.28. The van der Waals surface area contributed by atoms with E-state index in [0.29, 0.717) is 13.1 Å². The Morgan fingerprint density at radius 2 is 1.69 bits per heavy atom. The molecule has 0 bridgehead atoms. The minimum atomic E-state index is -3.57. The molecule has 0 aromatic heterocycles. The number of hydrogen-bond donors (Lipinski definition) is 1. The molecule has 1 fully saturated rings. The lowest BCUT2D eigenvalue weighted by atomic mass is 10.2. The second-order valence-electron chi connectivity index (χ2n) is 6.31. The Morgan fingerprint density at radius 3 is 2.23 bits per heavy atom. The maximum atomic E-state index is 12.4. The Morgan fingerprint density at radius 1 is 1.12 bits per heavy atom. The van der Waals surface area contributed by atoms with Crippen LogP contribution in [0, 0.1) is 0 Å². The smallest absolute Gasteiger partial charge is 0.338 e. The van der Waals surface area contributed by atoms with Gasteiger partial charge < -0.3 is 9.64 Å². The van der Waals surface area contributed by atoms with Gasteiger partial charge in [0.05, 0.1) is 10.5 Å². The number of sulfonamides is 1. The zero-order chi connectivity index (χ0) is 19.2. The van der Waals surface area contributed by atoms with E-state index in [4.69, 9.17) is 4.74 Å². The molecule has 8 heteroatoms. The Hall–Kier alpha value is -1.93. The van der Waals surface area contributed by atoms with Gasteiger partial charge in [0.2, 0.25) is 10.0 Å². The molecule has 1 saturated heterocycles. The SMILES string of the molecule is CCNS(=O)(=O)c1ccc(C(=O)O[C@H](C)C(=O)N2CCCCCC2)cc1. The van der Waals surface area contributed by atoms with Crippen molar-refractivity contribution < 1.29 is 22.7 Å². The van der Waals surface area contributed by atoms with Gasteiger partial charge in [0, 0.05) is 19.6 Å². The monoisotopic (exact) mass is 382 g/mol. The number of nitrogens with zero attached hydrogens (tertiary/aromatic N) is 1. The predicted molar refractivity (Wildman–Crippen MR) is 97.2 cm³/mol. The first-order valence-corrected chi connectivity index (χ1v) is 10.4. The predicted octanol–water partition coefficient (Wildman–Crippen LogP) is 1.93. The zero-order valence-electron chi connectivity index (χ0n) is 15.2. The van der Waals surface area contributed by atoms with Crippen molar-refractivity contribution >= 4 is 21.9 Å². The van der Waals surface area contributed by atoms with Crippen molar-refractivity contribution in [3.05, 3.63) is 29.8 Å². The highest BCUT2D eigenvalue weighted by molar-refractivity contribution is 7.89. The van der Waals surface area contributed by atoms with Gasteiger partial charge in [-0.2, -0.15) is 0 Å². The van der Waals surface area contributed by atoms with Crippen molar-refractivity contribution in [3.8, 4) is 0 Å². The van der Waals surface area contributed by atoms with Crippen LogP contribution in [-0.2, 0) is 19.6 Å². The van der Waals surface area contributed by atoms with Gasteiger partial charge in [0.15, 0.2) is 6.10 Å². The summed E-state index contributed by atoms with van der Waals surface area (Å²) in [7, 11) is -3.57. The minimum Gasteiger partial charge on any atom is -0.449 e. The number of carbonyl (C=O) groups is 2. The molecule has 0 radical (unpaired) electrons. The first kappa shape index (κ1) is 20.4. The largest absolute Gasteiger partial charge is 0.449 e. The second-order valence-corrected chi connectivity index (χ2v) is 8.08. The van der Waals surface area contributed by atoms with Gasteiger partial charge in [0.25, 0.3) is 5.91 Å². The van der Waals surface area contributed by atoms with Gasteiger partial charge in [-0.25, -0.2) is 17.9 Å². The van der Waals surface area contributed by atoms with Crippen LogP contribution in [0.25, 0.3) is 0 Å². The molecule has 7 nitrogen and oxygen atoms in total. The van der Waals surface area contributed by atoms with Crippen LogP contribution >= 0.6 is 0 Å². The van der Waals surface area contributed by atoms with Crippen molar-refractivity contribution in [2.24, 2.45) is 0 Å². The van der Waals surface area contributed by atoms with Gasteiger partial charge in [-0.3, -0.25) is 4.79 Å². The van der Waals surface area contributed by atoms with Gasteiger partial charge in [-0.05, 0) is 44.0 Å². The summed E-state index contributed by atoms with van der Waals surface area (Å²) >= 11 is 0. The summed E-state index contributed by atoms with van der Waals surface area (Å²) < 4.78 is 31.5. The Balaban J connectivity index is 1.99. The molecule has 1 aromatic rings. The highest BCUT2D eigenvalue weighted by Crippen LogP contribution is 2.14. The van der Waals surface area contributed by atoms with Crippen molar-refractivity contribution in [3.63, 3.8) is 0 Å². The van der Waals surface area contributed by atoms with Crippen LogP contribution in [0.15, 0.2) is 29.2 Å². The summed E-state index contributed by atoms with van der Waals surface area (Å²) in [5, 5.41) is 0. The molecule has 0 spiro atoms. The molecule has 1 atom stereocenters. The Bertz CT molecular complexity index is 722. The fourth-order valence-corrected chi connectivity index (χ4v) is 3.91. The van der Waals surface area contributed by atoms with Crippen LogP contribution in [0.4, 0.5) is 0 Å². The highest BCUT2D eigenvalue weighted by atomic mass is 32.2. The van der Waals surface area contributed by atoms with Crippen LogP contribution in [-0.4, -0.2) is 50.9 Å². The number of amides is 1. The molecule has 1 aliphatic rings. The van der Waals surface area contributed by atoms with E-state index >= 15 is 0 Å². The number of rotatable bonds is 6. The molecule has 0 aliphatic carbocycles. The third-order valence-electron chi connectivity index (χ3n) is 4.28. The number of ether oxygens (including phenoxy) is 1. The molecule has 1 amide bonds. The normalized spacial score (nSPS) is 16.6. The van der Waals surface area contributed by atoms with E-state index in [9.17, 15) is 18.0 Å². The molecule has 1 aliphatic heterocycles. The number of likely N-dealkylation sites (tertiary alicyclic amines) is 1. The molecule has 1 aromatic carbocycles. The standard InChI is InChI=1S/C18H26N2O5S/c1-3-19-26(23,24)16-10-8-15(9-11-16)18(22)25-14(2)17(21)20-12-6-4-5-7-13-20/h8-11,14,19H,3-7,12-13H2,1-2H3/t14-/m1/s1. The number of benzene rings is 1. The van der Waals surface area contributed by atoms with Gasteiger partial charge in [-0.1, -0.05) is 19.8 Å². The molecular weight excluding hydrogens is 356 g/mol. The fraction of sp³-hybridized carbons (Fsp3) is 0.556. The lowest BCUT2D eigenvalue weighted by Crippen LogP contribution is -2.40. The molecular formula is C18H26N2O5S. The van der Waals surface area contributed by atoms with E-state index < -0.39 is 22.1 Å². The van der Waals surface area contributed by atoms with Crippen molar-refractivity contribution in [2.75, 3.05) is 19.6 Å². The topological polar surface area (TPSA) is 92.8 Å². The van der Waals surface area contributed by atoms with E-state index in [2.05, 4.69) is 4.72 Å². The summed E-state index contributed by atoms with van der Waals surface area (Å²) in [6, 6.07) is 5.46. The number of esters is 1. The molecule has 0 unspecified atom stereocenters. The average Bonchev–Trinajstić information content (AvgIpc) is 2.90. The number of carbonyl (C=O) groups excluding carboxylic acids is 2. The maximum Gasteiger partial charge on any atom is 0.338 e. The first-order chi connectivity index (χ1) is 12.3. The molecule has 26 heavy (non-hydrogen) atoms. The number of hydrogen-bond acceptors (Lipinski definition) is 5. The van der Waals surface area contributed by atoms with E-state index in [0.717, 1.165) is 25.7 Å². The quantitative estimate of drug-likeness (QED) is 0.759. The van der Waals surface area contributed by atoms with Gasteiger partial charge in [0.1, 0.15) is 0 Å². The second kappa shape index (κ2) is 9.14. The van der Waals surface area contributed by atoms with Crippen LogP contribution in [0.3, 0.4) is 0 Å². The molecule has 0 saturated carbocycles. The summed E-state index contributed by atoms with van der Waals surface area (Å²) in [4.78, 5) is 26.5. The summed E-state index contributed by atoms with van der Waals surface area (Å²) in [6.07, 6.45) is 3.29. The fourth-order valence-electron chi connectivity index (χ4n) is 2.87. The van der Waals surface area contributed by atoms with Crippen LogP contribution in [0.5, 0.6) is 0 Å². The Kier molecular flexibility index (Phi) is 7.16. The van der Waals surface area contributed by atoms with Gasteiger partial charge in [-0.15, -0.1) is 0 Å². The van der Waals surface area contributed by atoms with Gasteiger partial charge >= 0.3 is 5.97 Å². The Labute approximate surface area is 154 Å². The highest BCUT2D eigenvalue weighted by Gasteiger charge is 2.25. The van der Waals surface area contributed by atoms with Crippen LogP contribution < -0.4 is 4.72 Å². The van der Waals surface area contributed by atoms with E-state index in [-0.39, 0.29) is 22.9 Å². The van der Waals surface area contributed by atoms with Crippen LogP contribution in [0.2, 0.25) is 0 Å². The van der Waals surface area contributed by atoms with Crippen molar-refractivity contribution in [1.29, 1.82) is 0 Å². The summed E-state index contributed by atoms with van der Waals surface area (Å²) in [5.41, 5.74) is 0.205. The van der Waals surface area contributed by atoms with E-state index in [1.54, 1.807) is 18.7 Å². The lowest BCUT2D eigenvalue weighted by Gasteiger charge is -2.24. The molecule has 1 N–H and O–H groups in total. The first-order valence-electron chi connectivity index (χ1n) is 8.94. The lowest BCUT2D eigenvalue weighted by molar-refractivity contribution is -0.139. The molecule has 2 rings (SSSR count). The van der Waals surface area contributed by atoms with Crippen molar-refractivity contribution in [1.82, 2.24) is 9.62 Å². The molecule has 144 valence electrons. The maximum absolute atomic E-state index is 12.4. The molecule has 1 heterocycles. The minimum absolute atomic E-state index is 0.0737. The van der Waals surface area contributed by atoms with Crippen LogP contribution in [0.1, 0.15) is 49.9 Å². The summed E-state index contributed by atoms with van der Waals surface area (Å²) in [5.74, 6) is -0.834.